The zero-order valence-electron chi connectivity index (χ0n) is 21.6. The average molecular weight is 515 g/mol. The van der Waals surface area contributed by atoms with Crippen molar-refractivity contribution in [2.75, 3.05) is 24.8 Å². The summed E-state index contributed by atoms with van der Waals surface area (Å²) in [5.74, 6) is 0.993. The van der Waals surface area contributed by atoms with Crippen molar-refractivity contribution in [2.24, 2.45) is 0 Å². The minimum Gasteiger partial charge on any atom is -0.495 e. The lowest BCUT2D eigenvalue weighted by Gasteiger charge is -2.16. The van der Waals surface area contributed by atoms with Crippen molar-refractivity contribution in [3.63, 3.8) is 0 Å². The third-order valence-corrected chi connectivity index (χ3v) is 6.53. The molecule has 1 saturated carbocycles. The molecule has 0 spiro atoms. The van der Waals surface area contributed by atoms with Crippen LogP contribution in [0.15, 0.2) is 48.7 Å². The van der Waals surface area contributed by atoms with E-state index in [1.807, 2.05) is 30.5 Å². The first-order valence-corrected chi connectivity index (χ1v) is 12.6. The van der Waals surface area contributed by atoms with Gasteiger partial charge in [0, 0.05) is 37.0 Å². The highest BCUT2D eigenvalue weighted by atomic mass is 16.5. The summed E-state index contributed by atoms with van der Waals surface area (Å²) in [6.45, 7) is 1.48. The Balaban J connectivity index is 1.53. The molecule has 0 unspecified atom stereocenters. The Labute approximate surface area is 220 Å². The van der Waals surface area contributed by atoms with Gasteiger partial charge in [-0.05, 0) is 61.6 Å². The van der Waals surface area contributed by atoms with Gasteiger partial charge in [0.2, 0.25) is 17.7 Å². The van der Waals surface area contributed by atoms with E-state index in [4.69, 9.17) is 19.4 Å². The van der Waals surface area contributed by atoms with E-state index in [-0.39, 0.29) is 17.9 Å². The second kappa shape index (κ2) is 10.8. The molecule has 1 aliphatic carbocycles. The van der Waals surface area contributed by atoms with Crippen LogP contribution < -0.4 is 25.4 Å². The van der Waals surface area contributed by atoms with E-state index in [0.717, 1.165) is 47.9 Å². The number of nitrogens with zero attached hydrogens (tertiary/aromatic N) is 2. The zero-order chi connectivity index (χ0) is 26.6. The maximum absolute atomic E-state index is 12.0. The number of rotatable bonds is 8. The third-order valence-electron chi connectivity index (χ3n) is 6.53. The molecule has 196 valence electrons. The lowest BCUT2D eigenvalue weighted by molar-refractivity contribution is -0.114. The van der Waals surface area contributed by atoms with E-state index in [9.17, 15) is 9.59 Å². The number of nitrogens with one attached hydrogen (secondary N) is 4. The SMILES string of the molecule is CNC(=O)c1ccc(Nc2nc(OC3CCCC3)c3c(-c4ccc(NC(C)=O)cc4)c[nH]c3n2)c(OC)c1. The molecule has 2 aromatic heterocycles. The lowest BCUT2D eigenvalue weighted by Crippen LogP contribution is -2.17. The number of benzene rings is 2. The smallest absolute Gasteiger partial charge is 0.251 e. The average Bonchev–Trinajstić information content (AvgIpc) is 3.59. The number of aromatic amines is 1. The minimum atomic E-state index is -0.205. The molecule has 0 atom stereocenters. The van der Waals surface area contributed by atoms with Crippen molar-refractivity contribution in [2.45, 2.75) is 38.7 Å². The molecule has 38 heavy (non-hydrogen) atoms. The standard InChI is InChI=1S/C28H30N6O4/c1-16(35)31-19-11-8-17(9-12-19)21-15-30-25-24(21)27(38-20-6-4-5-7-20)34-28(33-25)32-22-13-10-18(26(36)29-2)14-23(22)37-3/h8-15,20H,4-7H2,1-3H3,(H,29,36)(H,31,35)(H2,30,32,33,34). The summed E-state index contributed by atoms with van der Waals surface area (Å²) in [5, 5.41) is 9.41. The topological polar surface area (TPSA) is 130 Å². The van der Waals surface area contributed by atoms with Gasteiger partial charge in [-0.3, -0.25) is 9.59 Å². The van der Waals surface area contributed by atoms with E-state index >= 15 is 0 Å². The molecule has 10 nitrogen and oxygen atoms in total. The van der Waals surface area contributed by atoms with Crippen LogP contribution in [0, 0.1) is 0 Å². The monoisotopic (exact) mass is 514 g/mol. The number of carbonyl (C=O) groups is 2. The molecule has 2 amide bonds. The Morgan fingerprint density at radius 3 is 2.50 bits per heavy atom. The third kappa shape index (κ3) is 5.24. The van der Waals surface area contributed by atoms with Crippen LogP contribution in [0.2, 0.25) is 0 Å². The zero-order valence-corrected chi connectivity index (χ0v) is 21.6. The first kappa shape index (κ1) is 25.1. The highest BCUT2D eigenvalue weighted by Gasteiger charge is 2.23. The summed E-state index contributed by atoms with van der Waals surface area (Å²) in [6, 6.07) is 12.7. The van der Waals surface area contributed by atoms with Crippen LogP contribution in [0.25, 0.3) is 22.2 Å². The summed E-state index contributed by atoms with van der Waals surface area (Å²) in [7, 11) is 3.12. The van der Waals surface area contributed by atoms with Crippen molar-refractivity contribution >= 4 is 40.2 Å². The van der Waals surface area contributed by atoms with Crippen molar-refractivity contribution in [3.05, 3.63) is 54.2 Å². The number of ether oxygens (including phenoxy) is 2. The molecule has 0 bridgehead atoms. The Morgan fingerprint density at radius 1 is 1.05 bits per heavy atom. The molecule has 0 aliphatic heterocycles. The van der Waals surface area contributed by atoms with Crippen molar-refractivity contribution in [1.29, 1.82) is 0 Å². The van der Waals surface area contributed by atoms with Gasteiger partial charge in [-0.2, -0.15) is 9.97 Å². The van der Waals surface area contributed by atoms with E-state index in [1.165, 1.54) is 6.92 Å². The van der Waals surface area contributed by atoms with E-state index in [1.54, 1.807) is 32.4 Å². The number of hydrogen-bond acceptors (Lipinski definition) is 7. The normalized spacial score (nSPS) is 13.3. The minimum absolute atomic E-state index is 0.0900. The number of carbonyl (C=O) groups excluding carboxylic acids is 2. The first-order valence-electron chi connectivity index (χ1n) is 12.6. The number of amides is 2. The maximum atomic E-state index is 12.0. The highest BCUT2D eigenvalue weighted by Crippen LogP contribution is 2.37. The van der Waals surface area contributed by atoms with Gasteiger partial charge >= 0.3 is 0 Å². The van der Waals surface area contributed by atoms with Crippen LogP contribution in [0.1, 0.15) is 43.0 Å². The summed E-state index contributed by atoms with van der Waals surface area (Å²) >= 11 is 0. The van der Waals surface area contributed by atoms with Crippen LogP contribution >= 0.6 is 0 Å². The second-order valence-corrected chi connectivity index (χ2v) is 9.18. The molecular weight excluding hydrogens is 484 g/mol. The Bertz CT molecular complexity index is 1470. The molecule has 0 radical (unpaired) electrons. The van der Waals surface area contributed by atoms with Gasteiger partial charge in [0.15, 0.2) is 0 Å². The van der Waals surface area contributed by atoms with Gasteiger partial charge in [0.1, 0.15) is 17.5 Å². The van der Waals surface area contributed by atoms with Gasteiger partial charge in [0.05, 0.1) is 18.2 Å². The Hall–Kier alpha value is -4.60. The summed E-state index contributed by atoms with van der Waals surface area (Å²) in [5.41, 5.74) is 4.29. The first-order chi connectivity index (χ1) is 18.4. The number of anilines is 3. The molecule has 0 saturated heterocycles. The number of methoxy groups -OCH3 is 1. The summed E-state index contributed by atoms with van der Waals surface area (Å²) < 4.78 is 11.9. The molecule has 2 aromatic carbocycles. The predicted octanol–water partition coefficient (Wildman–Crippen LogP) is 5.02. The van der Waals surface area contributed by atoms with Gasteiger partial charge in [-0.25, -0.2) is 0 Å². The number of H-pyrrole nitrogens is 1. The lowest BCUT2D eigenvalue weighted by atomic mass is 10.1. The molecule has 4 N–H and O–H groups in total. The van der Waals surface area contributed by atoms with Crippen LogP contribution in [0.5, 0.6) is 11.6 Å². The molecule has 2 heterocycles. The van der Waals surface area contributed by atoms with Crippen LogP contribution in [-0.4, -0.2) is 47.0 Å². The fourth-order valence-corrected chi connectivity index (χ4v) is 4.67. The van der Waals surface area contributed by atoms with Gasteiger partial charge in [-0.1, -0.05) is 12.1 Å². The van der Waals surface area contributed by atoms with Gasteiger partial charge in [-0.15, -0.1) is 0 Å². The largest absolute Gasteiger partial charge is 0.495 e. The predicted molar refractivity (Wildman–Crippen MR) is 146 cm³/mol. The summed E-state index contributed by atoms with van der Waals surface area (Å²) in [6.07, 6.45) is 6.19. The molecule has 1 fully saturated rings. The summed E-state index contributed by atoms with van der Waals surface area (Å²) in [4.78, 5) is 36.2. The van der Waals surface area contributed by atoms with Crippen molar-refractivity contribution < 1.29 is 19.1 Å². The fourth-order valence-electron chi connectivity index (χ4n) is 4.67. The number of hydrogen-bond donors (Lipinski definition) is 4. The number of aromatic nitrogens is 3. The molecular formula is C28H30N6O4. The molecule has 4 aromatic rings. The Morgan fingerprint density at radius 2 is 1.82 bits per heavy atom. The van der Waals surface area contributed by atoms with Crippen molar-refractivity contribution in [3.8, 4) is 22.8 Å². The fraction of sp³-hybridized carbons (Fsp3) is 0.286. The molecule has 5 rings (SSSR count). The molecule has 10 heteroatoms. The van der Waals surface area contributed by atoms with Gasteiger partial charge in [0.25, 0.3) is 5.91 Å². The van der Waals surface area contributed by atoms with Gasteiger partial charge < -0.3 is 30.4 Å². The molecule has 1 aliphatic rings. The number of fused-ring (bicyclic) bond motifs is 1. The van der Waals surface area contributed by atoms with Crippen LogP contribution in [0.4, 0.5) is 17.3 Å². The quantitative estimate of drug-likeness (QED) is 0.260. The Kier molecular flexibility index (Phi) is 7.12. The van der Waals surface area contributed by atoms with E-state index < -0.39 is 0 Å². The van der Waals surface area contributed by atoms with E-state index in [0.29, 0.717) is 34.5 Å². The maximum Gasteiger partial charge on any atom is 0.251 e. The second-order valence-electron chi connectivity index (χ2n) is 9.18. The van der Waals surface area contributed by atoms with Crippen LogP contribution in [0.3, 0.4) is 0 Å². The van der Waals surface area contributed by atoms with Crippen LogP contribution in [-0.2, 0) is 4.79 Å². The van der Waals surface area contributed by atoms with E-state index in [2.05, 4.69) is 20.9 Å². The highest BCUT2D eigenvalue weighted by molar-refractivity contribution is 5.98. The van der Waals surface area contributed by atoms with Crippen molar-refractivity contribution in [1.82, 2.24) is 20.3 Å².